The predicted octanol–water partition coefficient (Wildman–Crippen LogP) is 4.56. The molecule has 0 saturated carbocycles. The Morgan fingerprint density at radius 3 is 2.35 bits per heavy atom. The summed E-state index contributed by atoms with van der Waals surface area (Å²) in [5.74, 6) is 0.520. The molecule has 5 heteroatoms. The SMILES string of the molecule is CCC(=O)c1ccc(OCC(=O)NC(C)CCc2ccc(Br)cc2)cc1. The minimum Gasteiger partial charge on any atom is -0.484 e. The Morgan fingerprint density at radius 2 is 1.73 bits per heavy atom. The van der Waals surface area contributed by atoms with Crippen molar-refractivity contribution in [3.05, 3.63) is 64.1 Å². The summed E-state index contributed by atoms with van der Waals surface area (Å²) >= 11 is 3.42. The number of amides is 1. The van der Waals surface area contributed by atoms with Gasteiger partial charge in [0.15, 0.2) is 12.4 Å². The summed E-state index contributed by atoms with van der Waals surface area (Å²) in [7, 11) is 0. The maximum Gasteiger partial charge on any atom is 0.258 e. The van der Waals surface area contributed by atoms with Gasteiger partial charge < -0.3 is 10.1 Å². The first-order chi connectivity index (χ1) is 12.5. The zero-order valence-corrected chi connectivity index (χ0v) is 16.7. The molecule has 0 aliphatic rings. The molecule has 2 rings (SSSR count). The molecule has 26 heavy (non-hydrogen) atoms. The van der Waals surface area contributed by atoms with Crippen LogP contribution in [0.15, 0.2) is 53.0 Å². The summed E-state index contributed by atoms with van der Waals surface area (Å²) < 4.78 is 6.55. The molecule has 2 aromatic rings. The number of halogens is 1. The van der Waals surface area contributed by atoms with E-state index >= 15 is 0 Å². The average molecular weight is 418 g/mol. The Hall–Kier alpha value is -2.14. The van der Waals surface area contributed by atoms with Gasteiger partial charge in [-0.1, -0.05) is 35.0 Å². The number of hydrogen-bond acceptors (Lipinski definition) is 3. The first-order valence-corrected chi connectivity index (χ1v) is 9.57. The standard InChI is InChI=1S/C21H24BrNO3/c1-3-20(24)17-8-12-19(13-9-17)26-14-21(25)23-15(2)4-5-16-6-10-18(22)11-7-16/h6-13,15H,3-5,14H2,1-2H3,(H,23,25). The molecule has 1 amide bonds. The average Bonchev–Trinajstić information content (AvgIpc) is 2.65. The van der Waals surface area contributed by atoms with Crippen LogP contribution in [0.3, 0.4) is 0 Å². The molecule has 0 spiro atoms. The second-order valence-corrected chi connectivity index (χ2v) is 7.14. The van der Waals surface area contributed by atoms with Crippen molar-refractivity contribution in [2.75, 3.05) is 6.61 Å². The van der Waals surface area contributed by atoms with E-state index in [1.807, 2.05) is 26.0 Å². The number of rotatable bonds is 9. The molecular weight excluding hydrogens is 394 g/mol. The number of carbonyl (C=O) groups is 2. The van der Waals surface area contributed by atoms with E-state index in [0.717, 1.165) is 17.3 Å². The van der Waals surface area contributed by atoms with Gasteiger partial charge in [-0.25, -0.2) is 0 Å². The van der Waals surface area contributed by atoms with E-state index < -0.39 is 0 Å². The molecule has 0 aliphatic heterocycles. The molecule has 0 heterocycles. The topological polar surface area (TPSA) is 55.4 Å². The van der Waals surface area contributed by atoms with E-state index in [0.29, 0.717) is 17.7 Å². The number of aryl methyl sites for hydroxylation is 1. The number of hydrogen-bond donors (Lipinski definition) is 1. The Bertz CT molecular complexity index is 726. The van der Waals surface area contributed by atoms with E-state index in [-0.39, 0.29) is 24.3 Å². The van der Waals surface area contributed by atoms with Crippen LogP contribution in [-0.2, 0) is 11.2 Å². The van der Waals surface area contributed by atoms with E-state index in [1.54, 1.807) is 24.3 Å². The van der Waals surface area contributed by atoms with Crippen LogP contribution in [0.4, 0.5) is 0 Å². The largest absolute Gasteiger partial charge is 0.484 e. The van der Waals surface area contributed by atoms with Gasteiger partial charge in [-0.2, -0.15) is 0 Å². The zero-order chi connectivity index (χ0) is 18.9. The fraction of sp³-hybridized carbons (Fsp3) is 0.333. The van der Waals surface area contributed by atoms with Crippen molar-refractivity contribution in [1.82, 2.24) is 5.32 Å². The Balaban J connectivity index is 1.72. The summed E-state index contributed by atoms with van der Waals surface area (Å²) in [5, 5.41) is 2.94. The fourth-order valence-electron chi connectivity index (χ4n) is 2.51. The third-order valence-corrected chi connectivity index (χ3v) is 4.58. The van der Waals surface area contributed by atoms with Crippen molar-refractivity contribution in [2.45, 2.75) is 39.2 Å². The van der Waals surface area contributed by atoms with Crippen LogP contribution in [0.2, 0.25) is 0 Å². The lowest BCUT2D eigenvalue weighted by atomic mass is 10.1. The molecular formula is C21H24BrNO3. The molecule has 1 atom stereocenters. The minimum atomic E-state index is -0.151. The first-order valence-electron chi connectivity index (χ1n) is 8.77. The normalized spacial score (nSPS) is 11.7. The maximum absolute atomic E-state index is 12.0. The van der Waals surface area contributed by atoms with Crippen molar-refractivity contribution in [3.63, 3.8) is 0 Å². The third-order valence-electron chi connectivity index (χ3n) is 4.05. The fourth-order valence-corrected chi connectivity index (χ4v) is 2.78. The Kier molecular flexibility index (Phi) is 7.85. The van der Waals surface area contributed by atoms with E-state index in [1.165, 1.54) is 5.56 Å². The highest BCUT2D eigenvalue weighted by Crippen LogP contribution is 2.14. The van der Waals surface area contributed by atoms with Crippen molar-refractivity contribution >= 4 is 27.6 Å². The monoisotopic (exact) mass is 417 g/mol. The summed E-state index contributed by atoms with van der Waals surface area (Å²) in [6, 6.07) is 15.1. The highest BCUT2D eigenvalue weighted by molar-refractivity contribution is 9.10. The molecule has 138 valence electrons. The Morgan fingerprint density at radius 1 is 1.08 bits per heavy atom. The van der Waals surface area contributed by atoms with Gasteiger partial charge in [-0.05, 0) is 61.7 Å². The second kappa shape index (κ2) is 10.1. The van der Waals surface area contributed by atoms with Gasteiger partial charge in [0.25, 0.3) is 5.91 Å². The van der Waals surface area contributed by atoms with Crippen LogP contribution in [0.1, 0.15) is 42.6 Å². The molecule has 0 aliphatic carbocycles. The van der Waals surface area contributed by atoms with E-state index in [4.69, 9.17) is 4.74 Å². The highest BCUT2D eigenvalue weighted by atomic mass is 79.9. The molecule has 0 saturated heterocycles. The third kappa shape index (κ3) is 6.64. The number of nitrogens with one attached hydrogen (secondary N) is 1. The van der Waals surface area contributed by atoms with Crippen molar-refractivity contribution in [2.24, 2.45) is 0 Å². The molecule has 0 fully saturated rings. The lowest BCUT2D eigenvalue weighted by Crippen LogP contribution is -2.36. The minimum absolute atomic E-state index is 0.0380. The van der Waals surface area contributed by atoms with Crippen LogP contribution in [0.25, 0.3) is 0 Å². The van der Waals surface area contributed by atoms with Gasteiger partial charge in [0.05, 0.1) is 0 Å². The number of Topliss-reactive ketones (excluding diaryl/α,β-unsaturated/α-hetero) is 1. The van der Waals surface area contributed by atoms with Gasteiger partial charge in [-0.15, -0.1) is 0 Å². The van der Waals surface area contributed by atoms with E-state index in [9.17, 15) is 9.59 Å². The van der Waals surface area contributed by atoms with Gasteiger partial charge in [0.2, 0.25) is 0 Å². The van der Waals surface area contributed by atoms with Crippen LogP contribution in [0, 0.1) is 0 Å². The molecule has 4 nitrogen and oxygen atoms in total. The second-order valence-electron chi connectivity index (χ2n) is 6.22. The van der Waals surface area contributed by atoms with Gasteiger partial charge in [0.1, 0.15) is 5.75 Å². The molecule has 0 radical (unpaired) electrons. The number of ketones is 1. The van der Waals surface area contributed by atoms with E-state index in [2.05, 4.69) is 33.4 Å². The quantitative estimate of drug-likeness (QED) is 0.608. The van der Waals surface area contributed by atoms with Crippen molar-refractivity contribution in [1.29, 1.82) is 0 Å². The van der Waals surface area contributed by atoms with Crippen LogP contribution >= 0.6 is 15.9 Å². The van der Waals surface area contributed by atoms with Gasteiger partial charge >= 0.3 is 0 Å². The smallest absolute Gasteiger partial charge is 0.258 e. The van der Waals surface area contributed by atoms with Crippen LogP contribution < -0.4 is 10.1 Å². The molecule has 2 aromatic carbocycles. The van der Waals surface area contributed by atoms with Gasteiger partial charge in [-0.3, -0.25) is 9.59 Å². The lowest BCUT2D eigenvalue weighted by molar-refractivity contribution is -0.123. The lowest BCUT2D eigenvalue weighted by Gasteiger charge is -2.14. The maximum atomic E-state index is 12.0. The highest BCUT2D eigenvalue weighted by Gasteiger charge is 2.09. The number of ether oxygens (including phenoxy) is 1. The predicted molar refractivity (Wildman–Crippen MR) is 107 cm³/mol. The summed E-state index contributed by atoms with van der Waals surface area (Å²) in [6.45, 7) is 3.78. The van der Waals surface area contributed by atoms with Crippen LogP contribution in [0.5, 0.6) is 5.75 Å². The van der Waals surface area contributed by atoms with Crippen molar-refractivity contribution < 1.29 is 14.3 Å². The molecule has 1 N–H and O–H groups in total. The Labute approximate surface area is 163 Å². The first kappa shape index (κ1) is 20.2. The number of carbonyl (C=O) groups excluding carboxylic acids is 2. The van der Waals surface area contributed by atoms with Crippen LogP contribution in [-0.4, -0.2) is 24.3 Å². The summed E-state index contributed by atoms with van der Waals surface area (Å²) in [5.41, 5.74) is 1.90. The molecule has 0 aromatic heterocycles. The summed E-state index contributed by atoms with van der Waals surface area (Å²) in [6.07, 6.45) is 2.24. The number of benzene rings is 2. The molecule has 0 bridgehead atoms. The zero-order valence-electron chi connectivity index (χ0n) is 15.1. The summed E-state index contributed by atoms with van der Waals surface area (Å²) in [4.78, 5) is 23.6. The van der Waals surface area contributed by atoms with Gasteiger partial charge in [0, 0.05) is 22.5 Å². The molecule has 1 unspecified atom stereocenters. The van der Waals surface area contributed by atoms with Crippen molar-refractivity contribution in [3.8, 4) is 5.75 Å².